The number of hydrogen-bond donors (Lipinski definition) is 2. The number of anilines is 2. The van der Waals surface area contributed by atoms with Crippen LogP contribution in [0.25, 0.3) is 10.2 Å². The van der Waals surface area contributed by atoms with Gasteiger partial charge in [-0.1, -0.05) is 23.4 Å². The Kier molecular flexibility index (Phi) is 6.26. The third-order valence-corrected chi connectivity index (χ3v) is 6.86. The van der Waals surface area contributed by atoms with Crippen LogP contribution in [0.15, 0.2) is 52.4 Å². The Hall–Kier alpha value is -2.88. The Labute approximate surface area is 191 Å². The Balaban J connectivity index is 1.47. The van der Waals surface area contributed by atoms with Gasteiger partial charge in [-0.2, -0.15) is 0 Å². The first-order valence-electron chi connectivity index (χ1n) is 9.20. The van der Waals surface area contributed by atoms with Crippen LogP contribution < -0.4 is 10.6 Å². The lowest BCUT2D eigenvalue weighted by Crippen LogP contribution is -2.17. The van der Waals surface area contributed by atoms with Gasteiger partial charge in [-0.05, 0) is 49.7 Å². The number of hydrogen-bond acceptors (Lipinski definition) is 7. The number of benzene rings is 1. The number of nitrogens with one attached hydrogen (secondary N) is 2. The minimum absolute atomic E-state index is 0.147. The highest BCUT2D eigenvalue weighted by Crippen LogP contribution is 2.34. The average Bonchev–Trinajstić information content (AvgIpc) is 3.38. The standard InChI is InChI=1S/C21H17ClN4O3S2/c1-11-12(2)31-21-18(11)20(23-10-24-21)30-9-17(27)25-14-6-5-13(22)8-15(14)26-19(28)16-4-3-7-29-16/h3-8,10H,9H2,1-2H3,(H,25,27)(H,26,28). The second-order valence-electron chi connectivity index (χ2n) is 6.60. The third-order valence-electron chi connectivity index (χ3n) is 4.52. The van der Waals surface area contributed by atoms with E-state index in [0.717, 1.165) is 20.8 Å². The fraction of sp³-hybridized carbons (Fsp3) is 0.143. The second kappa shape index (κ2) is 9.09. The van der Waals surface area contributed by atoms with Crippen molar-refractivity contribution in [1.29, 1.82) is 0 Å². The zero-order valence-corrected chi connectivity index (χ0v) is 19.0. The molecule has 0 aliphatic carbocycles. The summed E-state index contributed by atoms with van der Waals surface area (Å²) in [5.74, 6) is -0.378. The molecule has 31 heavy (non-hydrogen) atoms. The molecule has 2 amide bonds. The van der Waals surface area contributed by atoms with E-state index in [0.29, 0.717) is 16.4 Å². The second-order valence-corrected chi connectivity index (χ2v) is 9.20. The molecule has 0 atom stereocenters. The molecule has 0 fully saturated rings. The van der Waals surface area contributed by atoms with Crippen LogP contribution in [0.4, 0.5) is 11.4 Å². The number of thioether (sulfide) groups is 1. The largest absolute Gasteiger partial charge is 0.459 e. The van der Waals surface area contributed by atoms with Gasteiger partial charge in [0.05, 0.1) is 23.4 Å². The van der Waals surface area contributed by atoms with Crippen molar-refractivity contribution in [2.24, 2.45) is 0 Å². The molecule has 0 saturated heterocycles. The van der Waals surface area contributed by atoms with E-state index in [9.17, 15) is 9.59 Å². The predicted octanol–water partition coefficient (Wildman–Crippen LogP) is 5.54. The summed E-state index contributed by atoms with van der Waals surface area (Å²) in [6.07, 6.45) is 2.92. The van der Waals surface area contributed by atoms with Crippen molar-refractivity contribution in [2.75, 3.05) is 16.4 Å². The van der Waals surface area contributed by atoms with Gasteiger partial charge in [-0.25, -0.2) is 9.97 Å². The van der Waals surface area contributed by atoms with Crippen molar-refractivity contribution in [3.63, 3.8) is 0 Å². The topological polar surface area (TPSA) is 97.1 Å². The van der Waals surface area contributed by atoms with Crippen LogP contribution in [0.5, 0.6) is 0 Å². The molecule has 158 valence electrons. The summed E-state index contributed by atoms with van der Waals surface area (Å²) in [6.45, 7) is 4.07. The zero-order chi connectivity index (χ0) is 22.0. The van der Waals surface area contributed by atoms with Gasteiger partial charge >= 0.3 is 0 Å². The van der Waals surface area contributed by atoms with E-state index in [4.69, 9.17) is 16.0 Å². The van der Waals surface area contributed by atoms with E-state index in [1.807, 2.05) is 13.8 Å². The molecule has 0 aliphatic heterocycles. The maximum atomic E-state index is 12.6. The Morgan fingerprint density at radius 3 is 2.77 bits per heavy atom. The number of carbonyl (C=O) groups excluding carboxylic acids is 2. The number of thiophene rings is 1. The number of carbonyl (C=O) groups is 2. The summed E-state index contributed by atoms with van der Waals surface area (Å²) >= 11 is 9.02. The van der Waals surface area contributed by atoms with Crippen molar-refractivity contribution < 1.29 is 14.0 Å². The van der Waals surface area contributed by atoms with E-state index >= 15 is 0 Å². The van der Waals surface area contributed by atoms with Gasteiger partial charge in [0.25, 0.3) is 5.91 Å². The van der Waals surface area contributed by atoms with Crippen LogP contribution in [0.2, 0.25) is 5.02 Å². The first-order chi connectivity index (χ1) is 14.9. The molecule has 0 unspecified atom stereocenters. The van der Waals surface area contributed by atoms with Gasteiger partial charge < -0.3 is 15.1 Å². The minimum atomic E-state index is -0.441. The fourth-order valence-corrected chi connectivity index (χ4v) is 4.99. The van der Waals surface area contributed by atoms with Crippen LogP contribution in [0.3, 0.4) is 0 Å². The third kappa shape index (κ3) is 4.73. The molecule has 3 aromatic heterocycles. The lowest BCUT2D eigenvalue weighted by Gasteiger charge is -2.12. The highest BCUT2D eigenvalue weighted by atomic mass is 35.5. The van der Waals surface area contributed by atoms with Crippen molar-refractivity contribution in [1.82, 2.24) is 9.97 Å². The molecular weight excluding hydrogens is 456 g/mol. The lowest BCUT2D eigenvalue weighted by molar-refractivity contribution is -0.113. The quantitative estimate of drug-likeness (QED) is 0.282. The summed E-state index contributed by atoms with van der Waals surface area (Å²) in [7, 11) is 0. The lowest BCUT2D eigenvalue weighted by atomic mass is 10.2. The van der Waals surface area contributed by atoms with Crippen LogP contribution in [-0.2, 0) is 4.79 Å². The number of halogens is 1. The van der Waals surface area contributed by atoms with Crippen LogP contribution in [0.1, 0.15) is 21.0 Å². The first-order valence-corrected chi connectivity index (χ1v) is 11.4. The molecule has 0 radical (unpaired) electrons. The van der Waals surface area contributed by atoms with E-state index in [1.54, 1.807) is 41.7 Å². The zero-order valence-electron chi connectivity index (χ0n) is 16.6. The number of amides is 2. The molecule has 0 saturated carbocycles. The molecule has 4 aromatic rings. The van der Waals surface area contributed by atoms with Crippen molar-refractivity contribution in [3.8, 4) is 0 Å². The summed E-state index contributed by atoms with van der Waals surface area (Å²) in [6, 6.07) is 8.01. The van der Waals surface area contributed by atoms with Gasteiger partial charge in [-0.3, -0.25) is 9.59 Å². The fourth-order valence-electron chi connectivity index (χ4n) is 2.90. The molecule has 1 aromatic carbocycles. The predicted molar refractivity (Wildman–Crippen MR) is 124 cm³/mol. The van der Waals surface area contributed by atoms with Gasteiger partial charge in [0.1, 0.15) is 16.2 Å². The number of aromatic nitrogens is 2. The Morgan fingerprint density at radius 2 is 2.00 bits per heavy atom. The first kappa shape index (κ1) is 21.4. The SMILES string of the molecule is Cc1sc2ncnc(SCC(=O)Nc3ccc(Cl)cc3NC(=O)c3ccco3)c2c1C. The summed E-state index contributed by atoms with van der Waals surface area (Å²) in [4.78, 5) is 35.7. The van der Waals surface area contributed by atoms with Gasteiger partial charge in [0.2, 0.25) is 5.91 Å². The molecule has 2 N–H and O–H groups in total. The van der Waals surface area contributed by atoms with Crippen molar-refractivity contribution >= 4 is 68.1 Å². The summed E-state index contributed by atoms with van der Waals surface area (Å²) < 4.78 is 5.11. The molecule has 3 heterocycles. The molecule has 0 spiro atoms. The van der Waals surface area contributed by atoms with E-state index in [1.165, 1.54) is 29.2 Å². The van der Waals surface area contributed by atoms with Crippen molar-refractivity contribution in [3.05, 3.63) is 64.1 Å². The van der Waals surface area contributed by atoms with E-state index in [-0.39, 0.29) is 17.4 Å². The normalized spacial score (nSPS) is 10.9. The number of nitrogens with zero attached hydrogens (tertiary/aromatic N) is 2. The van der Waals surface area contributed by atoms with E-state index < -0.39 is 5.91 Å². The van der Waals surface area contributed by atoms with Crippen LogP contribution in [-0.4, -0.2) is 27.5 Å². The number of furan rings is 1. The monoisotopic (exact) mass is 472 g/mol. The number of rotatable bonds is 6. The molecule has 0 aliphatic rings. The van der Waals surface area contributed by atoms with Gasteiger partial charge in [-0.15, -0.1) is 11.3 Å². The highest BCUT2D eigenvalue weighted by molar-refractivity contribution is 8.00. The number of aryl methyl sites for hydroxylation is 2. The number of fused-ring (bicyclic) bond motifs is 1. The maximum absolute atomic E-state index is 12.6. The molecular formula is C21H17ClN4O3S2. The van der Waals surface area contributed by atoms with Crippen molar-refractivity contribution in [2.45, 2.75) is 18.9 Å². The van der Waals surface area contributed by atoms with Gasteiger partial charge in [0, 0.05) is 15.3 Å². The summed E-state index contributed by atoms with van der Waals surface area (Å²) in [5.41, 5.74) is 1.94. The van der Waals surface area contributed by atoms with E-state index in [2.05, 4.69) is 20.6 Å². The summed E-state index contributed by atoms with van der Waals surface area (Å²) in [5, 5.41) is 7.71. The molecule has 4 rings (SSSR count). The highest BCUT2D eigenvalue weighted by Gasteiger charge is 2.16. The Morgan fingerprint density at radius 1 is 1.16 bits per heavy atom. The smallest absolute Gasteiger partial charge is 0.291 e. The van der Waals surface area contributed by atoms with Gasteiger partial charge in [0.15, 0.2) is 5.76 Å². The molecule has 7 nitrogen and oxygen atoms in total. The van der Waals surface area contributed by atoms with Crippen LogP contribution in [0, 0.1) is 13.8 Å². The maximum Gasteiger partial charge on any atom is 0.291 e. The molecule has 10 heteroatoms. The Bertz CT molecular complexity index is 1270. The molecule has 0 bridgehead atoms. The van der Waals surface area contributed by atoms with Crippen LogP contribution >= 0.6 is 34.7 Å². The average molecular weight is 473 g/mol. The minimum Gasteiger partial charge on any atom is -0.459 e.